The largest absolute Gasteiger partial charge is 0.497 e. The summed E-state index contributed by atoms with van der Waals surface area (Å²) in [4.78, 5) is 25.4. The Balaban J connectivity index is 1.84. The fourth-order valence-electron chi connectivity index (χ4n) is 2.91. The molecule has 0 aliphatic heterocycles. The number of para-hydroxylation sites is 1. The molecule has 5 nitrogen and oxygen atoms in total. The summed E-state index contributed by atoms with van der Waals surface area (Å²) >= 11 is 0. The topological polar surface area (TPSA) is 61.8 Å². The van der Waals surface area contributed by atoms with Crippen LogP contribution in [0.15, 0.2) is 78.9 Å². The molecule has 0 spiro atoms. The van der Waals surface area contributed by atoms with Crippen molar-refractivity contribution in [2.45, 2.75) is 0 Å². The van der Waals surface area contributed by atoms with E-state index in [1.807, 2.05) is 54.6 Å². The molecule has 0 aliphatic carbocycles. The van der Waals surface area contributed by atoms with E-state index in [4.69, 9.17) is 14.2 Å². The third-order valence-corrected chi connectivity index (χ3v) is 4.47. The molecule has 0 heterocycles. The van der Waals surface area contributed by atoms with Crippen LogP contribution >= 0.6 is 0 Å². The number of hydrogen-bond donors (Lipinski definition) is 0. The SMILES string of the molecule is COc1cccc(C(=O)COC(=O)/C(=C/c2ccccc2OC)c2ccccc2)c1. The van der Waals surface area contributed by atoms with Crippen LogP contribution in [0.3, 0.4) is 0 Å². The van der Waals surface area contributed by atoms with Crippen LogP contribution in [0.2, 0.25) is 0 Å². The van der Waals surface area contributed by atoms with Gasteiger partial charge in [-0.25, -0.2) is 4.79 Å². The van der Waals surface area contributed by atoms with Crippen LogP contribution in [-0.2, 0) is 9.53 Å². The maximum atomic E-state index is 12.9. The summed E-state index contributed by atoms with van der Waals surface area (Å²) in [5.41, 5.74) is 2.16. The maximum absolute atomic E-state index is 12.9. The fourth-order valence-corrected chi connectivity index (χ4v) is 2.91. The molecule has 0 saturated heterocycles. The summed E-state index contributed by atoms with van der Waals surface area (Å²) in [5.74, 6) is 0.287. The van der Waals surface area contributed by atoms with Crippen LogP contribution in [0.1, 0.15) is 21.5 Å². The summed E-state index contributed by atoms with van der Waals surface area (Å²) < 4.78 is 15.9. The number of methoxy groups -OCH3 is 2. The van der Waals surface area contributed by atoms with Crippen molar-refractivity contribution in [1.29, 1.82) is 0 Å². The second-order valence-electron chi connectivity index (χ2n) is 6.40. The zero-order valence-electron chi connectivity index (χ0n) is 16.8. The monoisotopic (exact) mass is 402 g/mol. The number of carbonyl (C=O) groups excluding carboxylic acids is 2. The molecule has 30 heavy (non-hydrogen) atoms. The van der Waals surface area contributed by atoms with Crippen LogP contribution in [-0.4, -0.2) is 32.6 Å². The van der Waals surface area contributed by atoms with E-state index in [2.05, 4.69) is 0 Å². The van der Waals surface area contributed by atoms with Crippen molar-refractivity contribution in [2.75, 3.05) is 20.8 Å². The van der Waals surface area contributed by atoms with E-state index in [9.17, 15) is 9.59 Å². The highest BCUT2D eigenvalue weighted by atomic mass is 16.5. The molecule has 0 aliphatic rings. The van der Waals surface area contributed by atoms with Crippen LogP contribution in [0, 0.1) is 0 Å². The molecular formula is C25H22O5. The van der Waals surface area contributed by atoms with Crippen molar-refractivity contribution >= 4 is 23.4 Å². The first-order valence-electron chi connectivity index (χ1n) is 9.37. The Morgan fingerprint density at radius 1 is 0.800 bits per heavy atom. The third-order valence-electron chi connectivity index (χ3n) is 4.47. The summed E-state index contributed by atoms with van der Waals surface area (Å²) in [6.45, 7) is -0.373. The average Bonchev–Trinajstić information content (AvgIpc) is 2.81. The highest BCUT2D eigenvalue weighted by Gasteiger charge is 2.17. The Morgan fingerprint density at radius 3 is 2.23 bits per heavy atom. The Morgan fingerprint density at radius 2 is 1.50 bits per heavy atom. The molecule has 0 radical (unpaired) electrons. The molecule has 0 N–H and O–H groups in total. The van der Waals surface area contributed by atoms with Gasteiger partial charge in [0.25, 0.3) is 0 Å². The number of rotatable bonds is 8. The molecule has 5 heteroatoms. The normalized spacial score (nSPS) is 10.9. The van der Waals surface area contributed by atoms with Gasteiger partial charge in [-0.2, -0.15) is 0 Å². The second-order valence-corrected chi connectivity index (χ2v) is 6.40. The summed E-state index contributed by atoms with van der Waals surface area (Å²) in [7, 11) is 3.10. The van der Waals surface area contributed by atoms with Crippen molar-refractivity contribution < 1.29 is 23.8 Å². The molecular weight excluding hydrogens is 380 g/mol. The van der Waals surface area contributed by atoms with Gasteiger partial charge < -0.3 is 14.2 Å². The van der Waals surface area contributed by atoms with Gasteiger partial charge in [0.1, 0.15) is 11.5 Å². The lowest BCUT2D eigenvalue weighted by atomic mass is 10.0. The first kappa shape index (κ1) is 20.9. The van der Waals surface area contributed by atoms with Crippen LogP contribution in [0.5, 0.6) is 11.5 Å². The standard InChI is InChI=1S/C25H22O5/c1-28-21-13-8-12-19(15-21)23(26)17-30-25(27)22(18-9-4-3-5-10-18)16-20-11-6-7-14-24(20)29-2/h3-16H,17H2,1-2H3/b22-16+. The van der Waals surface area contributed by atoms with Crippen molar-refractivity contribution in [3.05, 3.63) is 95.6 Å². The number of Topliss-reactive ketones (excluding diaryl/α,β-unsaturated/α-hetero) is 1. The van der Waals surface area contributed by atoms with Gasteiger partial charge in [-0.3, -0.25) is 4.79 Å². The van der Waals surface area contributed by atoms with Crippen molar-refractivity contribution in [3.63, 3.8) is 0 Å². The van der Waals surface area contributed by atoms with Crippen molar-refractivity contribution in [3.8, 4) is 11.5 Å². The molecule has 3 aromatic carbocycles. The average molecular weight is 402 g/mol. The Hall–Kier alpha value is -3.86. The van der Waals surface area contributed by atoms with Gasteiger partial charge in [-0.1, -0.05) is 60.7 Å². The summed E-state index contributed by atoms with van der Waals surface area (Å²) in [5, 5.41) is 0. The van der Waals surface area contributed by atoms with Gasteiger partial charge in [0.2, 0.25) is 0 Å². The van der Waals surface area contributed by atoms with E-state index in [0.29, 0.717) is 28.2 Å². The van der Waals surface area contributed by atoms with E-state index in [-0.39, 0.29) is 12.4 Å². The predicted molar refractivity (Wildman–Crippen MR) is 116 cm³/mol. The highest BCUT2D eigenvalue weighted by molar-refractivity contribution is 6.22. The minimum atomic E-state index is -0.594. The zero-order chi connectivity index (χ0) is 21.3. The van der Waals surface area contributed by atoms with Gasteiger partial charge in [-0.15, -0.1) is 0 Å². The Kier molecular flexibility index (Phi) is 7.00. The Labute approximate surface area is 175 Å². The van der Waals surface area contributed by atoms with E-state index in [1.165, 1.54) is 7.11 Å². The molecule has 0 amide bonds. The maximum Gasteiger partial charge on any atom is 0.339 e. The van der Waals surface area contributed by atoms with Gasteiger partial charge in [-0.05, 0) is 29.8 Å². The third kappa shape index (κ3) is 5.14. The summed E-state index contributed by atoms with van der Waals surface area (Å²) in [6.07, 6.45) is 1.70. The van der Waals surface area contributed by atoms with Crippen LogP contribution < -0.4 is 9.47 Å². The van der Waals surface area contributed by atoms with Gasteiger partial charge >= 0.3 is 5.97 Å². The molecule has 3 rings (SSSR count). The van der Waals surface area contributed by atoms with Crippen LogP contribution in [0.4, 0.5) is 0 Å². The van der Waals surface area contributed by atoms with Gasteiger partial charge in [0.15, 0.2) is 12.4 Å². The lowest BCUT2D eigenvalue weighted by Crippen LogP contribution is -2.15. The lowest BCUT2D eigenvalue weighted by Gasteiger charge is -2.11. The Bertz CT molecular complexity index is 1050. The molecule has 0 atom stereocenters. The molecule has 0 aromatic heterocycles. The van der Waals surface area contributed by atoms with Crippen molar-refractivity contribution in [2.24, 2.45) is 0 Å². The van der Waals surface area contributed by atoms with E-state index in [0.717, 1.165) is 5.56 Å². The second kappa shape index (κ2) is 10.1. The molecule has 0 fully saturated rings. The number of ether oxygens (including phenoxy) is 3. The van der Waals surface area contributed by atoms with Crippen LogP contribution in [0.25, 0.3) is 11.6 Å². The smallest absolute Gasteiger partial charge is 0.339 e. The number of carbonyl (C=O) groups is 2. The quantitative estimate of drug-likeness (QED) is 0.237. The van der Waals surface area contributed by atoms with Gasteiger partial charge in [0, 0.05) is 11.1 Å². The van der Waals surface area contributed by atoms with E-state index < -0.39 is 5.97 Å². The van der Waals surface area contributed by atoms with Crippen molar-refractivity contribution in [1.82, 2.24) is 0 Å². The highest BCUT2D eigenvalue weighted by Crippen LogP contribution is 2.25. The molecule has 0 bridgehead atoms. The molecule has 0 saturated carbocycles. The molecule has 3 aromatic rings. The first-order valence-corrected chi connectivity index (χ1v) is 9.37. The number of benzene rings is 3. The fraction of sp³-hybridized carbons (Fsp3) is 0.120. The molecule has 0 unspecified atom stereocenters. The van der Waals surface area contributed by atoms with E-state index in [1.54, 1.807) is 37.5 Å². The predicted octanol–water partition coefficient (Wildman–Crippen LogP) is 4.67. The number of ketones is 1. The minimum absolute atomic E-state index is 0.313. The minimum Gasteiger partial charge on any atom is -0.497 e. The number of esters is 1. The van der Waals surface area contributed by atoms with Gasteiger partial charge in [0.05, 0.1) is 19.8 Å². The summed E-state index contributed by atoms with van der Waals surface area (Å²) in [6, 6.07) is 23.2. The molecule has 152 valence electrons. The van der Waals surface area contributed by atoms with E-state index >= 15 is 0 Å². The first-order chi connectivity index (χ1) is 14.6. The zero-order valence-corrected chi connectivity index (χ0v) is 16.8. The lowest BCUT2D eigenvalue weighted by molar-refractivity contribution is -0.135. The number of hydrogen-bond acceptors (Lipinski definition) is 5.